The summed E-state index contributed by atoms with van der Waals surface area (Å²) < 4.78 is 6.76. The third-order valence-corrected chi connectivity index (χ3v) is 5.86. The SMILES string of the molecule is CCOc1ccc(NC(=O)Cn2nc(-c3cc(C)ccc3C)c3c(c2=O)CCCC3)cc1. The van der Waals surface area contributed by atoms with Crippen LogP contribution in [0.1, 0.15) is 42.0 Å². The predicted molar refractivity (Wildman–Crippen MR) is 126 cm³/mol. The van der Waals surface area contributed by atoms with E-state index >= 15 is 0 Å². The quantitative estimate of drug-likeness (QED) is 0.626. The van der Waals surface area contributed by atoms with Crippen LogP contribution < -0.4 is 15.6 Å². The summed E-state index contributed by atoms with van der Waals surface area (Å²) in [5.74, 6) is 0.461. The van der Waals surface area contributed by atoms with Gasteiger partial charge in [-0.1, -0.05) is 17.7 Å². The molecule has 1 aromatic heterocycles. The van der Waals surface area contributed by atoms with Gasteiger partial charge in [-0.25, -0.2) is 4.68 Å². The average molecular weight is 432 g/mol. The van der Waals surface area contributed by atoms with Gasteiger partial charge in [0.05, 0.1) is 12.3 Å². The number of hydrogen-bond donors (Lipinski definition) is 1. The molecular formula is C26H29N3O3. The molecule has 1 N–H and O–H groups in total. The Labute approximate surface area is 188 Å². The monoisotopic (exact) mass is 431 g/mol. The van der Waals surface area contributed by atoms with Crippen LogP contribution in [0, 0.1) is 13.8 Å². The van der Waals surface area contributed by atoms with E-state index in [1.807, 2.05) is 6.92 Å². The summed E-state index contributed by atoms with van der Waals surface area (Å²) in [6.45, 7) is 6.49. The van der Waals surface area contributed by atoms with E-state index in [9.17, 15) is 9.59 Å². The zero-order valence-electron chi connectivity index (χ0n) is 18.9. The van der Waals surface area contributed by atoms with Crippen molar-refractivity contribution >= 4 is 11.6 Å². The van der Waals surface area contributed by atoms with Crippen molar-refractivity contribution in [2.75, 3.05) is 11.9 Å². The Morgan fingerprint density at radius 3 is 2.50 bits per heavy atom. The molecule has 1 aliphatic rings. The molecule has 6 nitrogen and oxygen atoms in total. The Morgan fingerprint density at radius 1 is 1.06 bits per heavy atom. The van der Waals surface area contributed by atoms with Gasteiger partial charge >= 0.3 is 0 Å². The summed E-state index contributed by atoms with van der Waals surface area (Å²) in [5, 5.41) is 7.55. The van der Waals surface area contributed by atoms with Gasteiger partial charge in [-0.2, -0.15) is 5.10 Å². The van der Waals surface area contributed by atoms with Gasteiger partial charge in [0.25, 0.3) is 5.56 Å². The van der Waals surface area contributed by atoms with Gasteiger partial charge in [-0.05, 0) is 87.9 Å². The number of aromatic nitrogens is 2. The Kier molecular flexibility index (Phi) is 6.40. The number of aryl methyl sites for hydroxylation is 2. The van der Waals surface area contributed by atoms with Gasteiger partial charge in [0, 0.05) is 16.8 Å². The number of rotatable bonds is 6. The number of carbonyl (C=O) groups excluding carboxylic acids is 1. The van der Waals surface area contributed by atoms with Crippen molar-refractivity contribution in [2.24, 2.45) is 0 Å². The maximum atomic E-state index is 13.2. The van der Waals surface area contributed by atoms with Crippen LogP contribution in [0.5, 0.6) is 5.75 Å². The van der Waals surface area contributed by atoms with Crippen LogP contribution in [0.15, 0.2) is 47.3 Å². The van der Waals surface area contributed by atoms with Crippen molar-refractivity contribution in [3.63, 3.8) is 0 Å². The van der Waals surface area contributed by atoms with Crippen molar-refractivity contribution in [3.8, 4) is 17.0 Å². The molecule has 0 spiro atoms. The summed E-state index contributed by atoms with van der Waals surface area (Å²) in [7, 11) is 0. The first-order valence-electron chi connectivity index (χ1n) is 11.2. The van der Waals surface area contributed by atoms with E-state index in [0.29, 0.717) is 12.3 Å². The lowest BCUT2D eigenvalue weighted by molar-refractivity contribution is -0.117. The van der Waals surface area contributed by atoms with Crippen LogP contribution >= 0.6 is 0 Å². The molecule has 1 aliphatic carbocycles. The minimum atomic E-state index is -0.286. The number of benzene rings is 2. The highest BCUT2D eigenvalue weighted by Gasteiger charge is 2.23. The Hall–Kier alpha value is -3.41. The molecule has 0 unspecified atom stereocenters. The number of nitrogens with one attached hydrogen (secondary N) is 1. The highest BCUT2D eigenvalue weighted by atomic mass is 16.5. The topological polar surface area (TPSA) is 73.2 Å². The molecule has 0 radical (unpaired) electrons. The molecule has 0 atom stereocenters. The number of nitrogens with zero attached hydrogens (tertiary/aromatic N) is 2. The lowest BCUT2D eigenvalue weighted by Gasteiger charge is -2.21. The maximum Gasteiger partial charge on any atom is 0.270 e. The standard InChI is InChI=1S/C26H29N3O3/c1-4-32-20-13-11-19(12-14-20)27-24(30)16-29-26(31)22-8-6-5-7-21(22)25(28-29)23-15-17(2)9-10-18(23)3/h9-15H,4-8,16H2,1-3H3,(H,27,30). The minimum absolute atomic E-state index is 0.128. The summed E-state index contributed by atoms with van der Waals surface area (Å²) >= 11 is 0. The fraction of sp³-hybridized carbons (Fsp3) is 0.346. The minimum Gasteiger partial charge on any atom is -0.494 e. The van der Waals surface area contributed by atoms with Crippen molar-refractivity contribution in [1.29, 1.82) is 0 Å². The molecule has 0 aliphatic heterocycles. The van der Waals surface area contributed by atoms with Crippen molar-refractivity contribution in [1.82, 2.24) is 9.78 Å². The predicted octanol–water partition coefficient (Wildman–Crippen LogP) is 4.44. The molecule has 3 aromatic rings. The lowest BCUT2D eigenvalue weighted by Crippen LogP contribution is -2.34. The highest BCUT2D eigenvalue weighted by Crippen LogP contribution is 2.30. The van der Waals surface area contributed by atoms with E-state index in [4.69, 9.17) is 9.84 Å². The highest BCUT2D eigenvalue weighted by molar-refractivity contribution is 5.90. The number of ether oxygens (including phenoxy) is 1. The lowest BCUT2D eigenvalue weighted by atomic mass is 9.88. The second-order valence-electron chi connectivity index (χ2n) is 8.30. The van der Waals surface area contributed by atoms with Gasteiger partial charge in [-0.15, -0.1) is 0 Å². The largest absolute Gasteiger partial charge is 0.494 e. The summed E-state index contributed by atoms with van der Waals surface area (Å²) in [6.07, 6.45) is 3.61. The first-order chi connectivity index (χ1) is 15.5. The Balaban J connectivity index is 1.66. The molecule has 4 rings (SSSR count). The molecule has 0 saturated heterocycles. The summed E-state index contributed by atoms with van der Waals surface area (Å²) in [5.41, 5.74) is 6.45. The van der Waals surface area contributed by atoms with Gasteiger partial charge in [0.15, 0.2) is 0 Å². The smallest absolute Gasteiger partial charge is 0.270 e. The second kappa shape index (κ2) is 9.39. The van der Waals surface area contributed by atoms with E-state index < -0.39 is 0 Å². The van der Waals surface area contributed by atoms with E-state index in [2.05, 4.69) is 37.4 Å². The van der Waals surface area contributed by atoms with Crippen LogP contribution in [-0.4, -0.2) is 22.3 Å². The fourth-order valence-electron chi connectivity index (χ4n) is 4.24. The van der Waals surface area contributed by atoms with Crippen molar-refractivity contribution in [3.05, 3.63) is 75.1 Å². The van der Waals surface area contributed by atoms with Crippen LogP contribution in [0.3, 0.4) is 0 Å². The van der Waals surface area contributed by atoms with E-state index in [1.165, 1.54) is 4.68 Å². The fourth-order valence-corrected chi connectivity index (χ4v) is 4.24. The average Bonchev–Trinajstić information content (AvgIpc) is 2.79. The van der Waals surface area contributed by atoms with E-state index in [0.717, 1.165) is 64.9 Å². The normalized spacial score (nSPS) is 12.8. The molecule has 1 amide bonds. The molecule has 2 aromatic carbocycles. The first-order valence-corrected chi connectivity index (χ1v) is 11.2. The van der Waals surface area contributed by atoms with Crippen LogP contribution in [0.4, 0.5) is 5.69 Å². The zero-order chi connectivity index (χ0) is 22.7. The third kappa shape index (κ3) is 4.59. The molecule has 6 heteroatoms. The zero-order valence-corrected chi connectivity index (χ0v) is 18.9. The van der Waals surface area contributed by atoms with E-state index in [-0.39, 0.29) is 18.0 Å². The number of anilines is 1. The maximum absolute atomic E-state index is 13.2. The van der Waals surface area contributed by atoms with Gasteiger partial charge in [0.2, 0.25) is 5.91 Å². The number of amides is 1. The van der Waals surface area contributed by atoms with Crippen LogP contribution in [0.25, 0.3) is 11.3 Å². The van der Waals surface area contributed by atoms with Crippen LogP contribution in [0.2, 0.25) is 0 Å². The molecule has 0 saturated carbocycles. The number of fused-ring (bicyclic) bond motifs is 1. The first kappa shape index (κ1) is 21.8. The molecule has 166 valence electrons. The van der Waals surface area contributed by atoms with Crippen LogP contribution in [-0.2, 0) is 24.2 Å². The molecule has 1 heterocycles. The third-order valence-electron chi connectivity index (χ3n) is 5.86. The number of carbonyl (C=O) groups is 1. The second-order valence-corrected chi connectivity index (χ2v) is 8.30. The molecule has 0 bridgehead atoms. The van der Waals surface area contributed by atoms with Gasteiger partial charge in [0.1, 0.15) is 12.3 Å². The van der Waals surface area contributed by atoms with Crippen molar-refractivity contribution < 1.29 is 9.53 Å². The number of hydrogen-bond acceptors (Lipinski definition) is 4. The summed E-state index contributed by atoms with van der Waals surface area (Å²) in [6, 6.07) is 13.5. The molecule has 32 heavy (non-hydrogen) atoms. The molecular weight excluding hydrogens is 402 g/mol. The van der Waals surface area contributed by atoms with E-state index in [1.54, 1.807) is 24.3 Å². The summed E-state index contributed by atoms with van der Waals surface area (Å²) in [4.78, 5) is 25.9. The Bertz CT molecular complexity index is 1200. The molecule has 0 fully saturated rings. The van der Waals surface area contributed by atoms with Crippen molar-refractivity contribution in [2.45, 2.75) is 53.0 Å². The Morgan fingerprint density at radius 2 is 1.78 bits per heavy atom. The van der Waals surface area contributed by atoms with Gasteiger partial charge < -0.3 is 10.1 Å². The van der Waals surface area contributed by atoms with Gasteiger partial charge in [-0.3, -0.25) is 9.59 Å².